The quantitative estimate of drug-likeness (QED) is 0.564. The summed E-state index contributed by atoms with van der Waals surface area (Å²) in [6, 6.07) is 6.85. The molecule has 8 heteroatoms. The number of thioether (sulfide) groups is 1. The summed E-state index contributed by atoms with van der Waals surface area (Å²) < 4.78 is 5.86. The number of carboxylic acids is 1. The Morgan fingerprint density at radius 2 is 2.25 bits per heavy atom. The van der Waals surface area contributed by atoms with Gasteiger partial charge in [-0.15, -0.1) is 0 Å². The minimum Gasteiger partial charge on any atom is -0.479 e. The number of aliphatic hydroxyl groups excluding tert-OH is 1. The van der Waals surface area contributed by atoms with Gasteiger partial charge in [-0.1, -0.05) is 43.0 Å². The first-order valence-electron chi connectivity index (χ1n) is 7.32. The summed E-state index contributed by atoms with van der Waals surface area (Å²) >= 11 is 6.30. The molecule has 1 amide bonds. The lowest BCUT2D eigenvalue weighted by molar-refractivity contribution is -0.145. The first-order chi connectivity index (χ1) is 11.5. The summed E-state index contributed by atoms with van der Waals surface area (Å²) in [4.78, 5) is 25.1. The van der Waals surface area contributed by atoms with Gasteiger partial charge in [-0.05, 0) is 30.2 Å². The number of aliphatic hydroxyl groups is 1. The Labute approximate surface area is 149 Å². The van der Waals surface area contributed by atoms with E-state index in [1.165, 1.54) is 16.7 Å². The minimum absolute atomic E-state index is 0.156. The van der Waals surface area contributed by atoms with Gasteiger partial charge in [-0.25, -0.2) is 4.79 Å². The number of hydrogen-bond acceptors (Lipinski definition) is 6. The SMILES string of the molecule is CCC(Oc1cccc(/C=C2\SC(=S)N(CCO)C2=O)c1)C(=O)O. The van der Waals surface area contributed by atoms with Crippen molar-refractivity contribution >= 4 is 46.3 Å². The van der Waals surface area contributed by atoms with Gasteiger partial charge >= 0.3 is 5.97 Å². The van der Waals surface area contributed by atoms with Crippen molar-refractivity contribution in [2.45, 2.75) is 19.4 Å². The third-order valence-corrected chi connectivity index (χ3v) is 4.66. The zero-order chi connectivity index (χ0) is 17.7. The molecule has 24 heavy (non-hydrogen) atoms. The minimum atomic E-state index is -1.02. The molecule has 0 saturated carbocycles. The lowest BCUT2D eigenvalue weighted by Crippen LogP contribution is -2.30. The summed E-state index contributed by atoms with van der Waals surface area (Å²) in [5.41, 5.74) is 0.706. The van der Waals surface area contributed by atoms with E-state index in [4.69, 9.17) is 27.2 Å². The maximum absolute atomic E-state index is 12.2. The van der Waals surface area contributed by atoms with Gasteiger partial charge in [-0.3, -0.25) is 9.69 Å². The largest absolute Gasteiger partial charge is 0.479 e. The standard InChI is InChI=1S/C16H17NO5S2/c1-2-12(15(20)21)22-11-5-3-4-10(8-11)9-13-14(19)17(6-7-18)16(23)24-13/h3-5,8-9,12,18H,2,6-7H2,1H3,(H,20,21)/b13-9-. The van der Waals surface area contributed by atoms with Crippen molar-refractivity contribution < 1.29 is 24.5 Å². The Kier molecular flexibility index (Phi) is 6.36. The Bertz CT molecular complexity index is 689. The van der Waals surface area contributed by atoms with Gasteiger partial charge in [0, 0.05) is 0 Å². The van der Waals surface area contributed by atoms with Gasteiger partial charge in [0.25, 0.3) is 5.91 Å². The molecule has 0 aromatic heterocycles. The molecule has 2 N–H and O–H groups in total. The second kappa shape index (κ2) is 8.27. The fourth-order valence-electron chi connectivity index (χ4n) is 2.09. The van der Waals surface area contributed by atoms with Crippen LogP contribution in [0.2, 0.25) is 0 Å². The molecule has 0 radical (unpaired) electrons. The van der Waals surface area contributed by atoms with E-state index in [0.29, 0.717) is 27.0 Å². The number of benzene rings is 1. The van der Waals surface area contributed by atoms with Crippen LogP contribution >= 0.6 is 24.0 Å². The van der Waals surface area contributed by atoms with Crippen LogP contribution in [0.15, 0.2) is 29.2 Å². The van der Waals surface area contributed by atoms with E-state index >= 15 is 0 Å². The summed E-state index contributed by atoms with van der Waals surface area (Å²) in [5, 5.41) is 18.0. The Morgan fingerprint density at radius 3 is 2.88 bits per heavy atom. The first-order valence-corrected chi connectivity index (χ1v) is 8.54. The van der Waals surface area contributed by atoms with Crippen LogP contribution in [0, 0.1) is 0 Å². The number of carboxylic acid groups (broad SMARTS) is 1. The van der Waals surface area contributed by atoms with Crippen molar-refractivity contribution in [3.63, 3.8) is 0 Å². The molecular formula is C16H17NO5S2. The average molecular weight is 367 g/mol. The second-order valence-corrected chi connectivity index (χ2v) is 6.66. The Hall–Kier alpha value is -1.90. The molecule has 1 heterocycles. The van der Waals surface area contributed by atoms with Crippen LogP contribution in [-0.2, 0) is 9.59 Å². The molecule has 6 nitrogen and oxygen atoms in total. The molecule has 1 aromatic carbocycles. The van der Waals surface area contributed by atoms with E-state index in [1.807, 2.05) is 0 Å². The summed E-state index contributed by atoms with van der Waals surface area (Å²) in [5.74, 6) is -0.848. The Balaban J connectivity index is 2.19. The molecule has 1 saturated heterocycles. The topological polar surface area (TPSA) is 87.1 Å². The molecule has 1 fully saturated rings. The van der Waals surface area contributed by atoms with Crippen molar-refractivity contribution in [3.8, 4) is 5.75 Å². The third kappa shape index (κ3) is 4.34. The first kappa shape index (κ1) is 18.4. The summed E-state index contributed by atoms with van der Waals surface area (Å²) in [7, 11) is 0. The third-order valence-electron chi connectivity index (χ3n) is 3.28. The van der Waals surface area contributed by atoms with Crippen molar-refractivity contribution in [3.05, 3.63) is 34.7 Å². The van der Waals surface area contributed by atoms with Crippen LogP contribution in [0.1, 0.15) is 18.9 Å². The van der Waals surface area contributed by atoms with E-state index in [-0.39, 0.29) is 19.1 Å². The van der Waals surface area contributed by atoms with Gasteiger partial charge in [0.2, 0.25) is 0 Å². The monoisotopic (exact) mass is 367 g/mol. The zero-order valence-corrected chi connectivity index (χ0v) is 14.6. The normalized spacial score (nSPS) is 17.4. The maximum atomic E-state index is 12.2. The van der Waals surface area contributed by atoms with E-state index in [1.54, 1.807) is 37.3 Å². The molecule has 1 aliphatic heterocycles. The van der Waals surface area contributed by atoms with Gasteiger partial charge in [0.1, 0.15) is 10.1 Å². The highest BCUT2D eigenvalue weighted by Gasteiger charge is 2.31. The van der Waals surface area contributed by atoms with Gasteiger partial charge in [0.05, 0.1) is 18.1 Å². The van der Waals surface area contributed by atoms with Gasteiger partial charge < -0.3 is 14.9 Å². The molecule has 0 bridgehead atoms. The highest BCUT2D eigenvalue weighted by atomic mass is 32.2. The number of rotatable bonds is 7. The van der Waals surface area contributed by atoms with Crippen molar-refractivity contribution in [1.29, 1.82) is 0 Å². The number of β-amino-alcohol motifs (C(OH)–C–C–N with tert-alkyl or cyclic N) is 1. The van der Waals surface area contributed by atoms with Crippen LogP contribution in [0.25, 0.3) is 6.08 Å². The molecule has 0 aliphatic carbocycles. The van der Waals surface area contributed by atoms with Gasteiger partial charge in [-0.2, -0.15) is 0 Å². The number of carbonyl (C=O) groups is 2. The molecule has 128 valence electrons. The number of amides is 1. The zero-order valence-electron chi connectivity index (χ0n) is 13.0. The van der Waals surface area contributed by atoms with Crippen molar-refractivity contribution in [2.75, 3.05) is 13.2 Å². The number of nitrogens with zero attached hydrogens (tertiary/aromatic N) is 1. The Morgan fingerprint density at radius 1 is 1.50 bits per heavy atom. The number of thiocarbonyl (C=S) groups is 1. The van der Waals surface area contributed by atoms with Crippen LogP contribution in [0.3, 0.4) is 0 Å². The smallest absolute Gasteiger partial charge is 0.344 e. The van der Waals surface area contributed by atoms with Crippen LogP contribution in [0.4, 0.5) is 0 Å². The number of hydrogen-bond donors (Lipinski definition) is 2. The van der Waals surface area contributed by atoms with Crippen LogP contribution < -0.4 is 4.74 Å². The highest BCUT2D eigenvalue weighted by Crippen LogP contribution is 2.32. The summed E-state index contributed by atoms with van der Waals surface area (Å²) in [6.45, 7) is 1.74. The van der Waals surface area contributed by atoms with Crippen LogP contribution in [-0.4, -0.2) is 50.6 Å². The molecule has 1 aromatic rings. The molecule has 2 rings (SSSR count). The fourth-order valence-corrected chi connectivity index (χ4v) is 3.40. The lowest BCUT2D eigenvalue weighted by atomic mass is 10.2. The van der Waals surface area contributed by atoms with Gasteiger partial charge in [0.15, 0.2) is 6.10 Å². The van der Waals surface area contributed by atoms with Crippen molar-refractivity contribution in [2.24, 2.45) is 0 Å². The average Bonchev–Trinajstić information content (AvgIpc) is 2.80. The molecule has 1 unspecified atom stereocenters. The molecule has 0 spiro atoms. The maximum Gasteiger partial charge on any atom is 0.344 e. The number of carbonyl (C=O) groups excluding carboxylic acids is 1. The second-order valence-electron chi connectivity index (χ2n) is 4.98. The van der Waals surface area contributed by atoms with Crippen molar-refractivity contribution in [1.82, 2.24) is 4.90 Å². The van der Waals surface area contributed by atoms with E-state index in [2.05, 4.69) is 0 Å². The number of aliphatic carboxylic acids is 1. The predicted octanol–water partition coefficient (Wildman–Crippen LogP) is 2.12. The summed E-state index contributed by atoms with van der Waals surface area (Å²) in [6.07, 6.45) is 1.10. The fraction of sp³-hybridized carbons (Fsp3) is 0.312. The molecule has 1 atom stereocenters. The lowest BCUT2D eigenvalue weighted by Gasteiger charge is -2.13. The number of ether oxygens (including phenoxy) is 1. The predicted molar refractivity (Wildman–Crippen MR) is 95.7 cm³/mol. The molecule has 1 aliphatic rings. The highest BCUT2D eigenvalue weighted by molar-refractivity contribution is 8.26. The van der Waals surface area contributed by atoms with Crippen LogP contribution in [0.5, 0.6) is 5.75 Å². The van der Waals surface area contributed by atoms with E-state index in [0.717, 1.165) is 0 Å². The van der Waals surface area contributed by atoms with E-state index in [9.17, 15) is 9.59 Å². The van der Waals surface area contributed by atoms with E-state index < -0.39 is 12.1 Å². The molecular weight excluding hydrogens is 350 g/mol.